The number of rotatable bonds is 4. The Morgan fingerprint density at radius 2 is 1.74 bits per heavy atom. The Morgan fingerprint density at radius 3 is 2.44 bits per heavy atom. The van der Waals surface area contributed by atoms with Crippen LogP contribution in [0.15, 0.2) is 42.5 Å². The molecule has 2 N–H and O–H groups in total. The first-order valence-corrected chi connectivity index (χ1v) is 10.1. The number of carbonyl (C=O) groups excluding carboxylic acids is 1. The molecule has 4 nitrogen and oxygen atoms in total. The largest absolute Gasteiger partial charge is 0.332 e. The quantitative estimate of drug-likeness (QED) is 0.673. The van der Waals surface area contributed by atoms with Gasteiger partial charge in [-0.05, 0) is 68.0 Å². The lowest BCUT2D eigenvalue weighted by molar-refractivity contribution is 0.0978. The third-order valence-corrected chi connectivity index (χ3v) is 5.51. The van der Waals surface area contributed by atoms with E-state index in [9.17, 15) is 4.79 Å². The van der Waals surface area contributed by atoms with Crippen molar-refractivity contribution < 1.29 is 4.79 Å². The highest BCUT2D eigenvalue weighted by Crippen LogP contribution is 2.25. The van der Waals surface area contributed by atoms with Crippen LogP contribution in [-0.4, -0.2) is 29.0 Å². The Labute approximate surface area is 174 Å². The fourth-order valence-corrected chi connectivity index (χ4v) is 3.68. The summed E-state index contributed by atoms with van der Waals surface area (Å²) in [5, 5.41) is 6.38. The van der Waals surface area contributed by atoms with Crippen LogP contribution in [0, 0.1) is 0 Å². The predicted molar refractivity (Wildman–Crippen MR) is 116 cm³/mol. The molecule has 1 heterocycles. The maximum absolute atomic E-state index is 12.3. The van der Waals surface area contributed by atoms with Crippen molar-refractivity contribution in [2.45, 2.75) is 25.8 Å². The number of hydrogen-bond donors (Lipinski definition) is 2. The number of nitrogens with one attached hydrogen (secondary N) is 2. The molecule has 1 aliphatic rings. The Balaban J connectivity index is 1.54. The number of carbonyl (C=O) groups is 1. The van der Waals surface area contributed by atoms with Crippen LogP contribution in [0.2, 0.25) is 10.0 Å². The first-order chi connectivity index (χ1) is 13.0. The molecule has 0 saturated carbocycles. The number of halogens is 2. The molecule has 0 unspecified atom stereocenters. The van der Waals surface area contributed by atoms with Gasteiger partial charge < -0.3 is 5.32 Å². The zero-order valence-corrected chi connectivity index (χ0v) is 17.1. The Hall–Kier alpha value is -1.66. The lowest BCUT2D eigenvalue weighted by Crippen LogP contribution is -2.34. The molecule has 2 aromatic carbocycles. The van der Waals surface area contributed by atoms with Gasteiger partial charge in [0.25, 0.3) is 5.91 Å². The van der Waals surface area contributed by atoms with E-state index in [-0.39, 0.29) is 15.7 Å². The lowest BCUT2D eigenvalue weighted by Gasteiger charge is -2.26. The van der Waals surface area contributed by atoms with Gasteiger partial charge >= 0.3 is 0 Å². The van der Waals surface area contributed by atoms with Crippen LogP contribution < -0.4 is 10.6 Å². The second-order valence-corrected chi connectivity index (χ2v) is 7.74. The van der Waals surface area contributed by atoms with Gasteiger partial charge in [-0.2, -0.15) is 0 Å². The molecule has 7 heteroatoms. The second-order valence-electron chi connectivity index (χ2n) is 6.54. The van der Waals surface area contributed by atoms with Crippen LogP contribution in [0.4, 0.5) is 5.69 Å². The van der Waals surface area contributed by atoms with Gasteiger partial charge in [0.1, 0.15) is 0 Å². The predicted octanol–water partition coefficient (Wildman–Crippen LogP) is 5.11. The van der Waals surface area contributed by atoms with Crippen LogP contribution in [0.3, 0.4) is 0 Å². The van der Waals surface area contributed by atoms with Gasteiger partial charge in [0.05, 0.1) is 15.6 Å². The number of anilines is 1. The fourth-order valence-electron chi connectivity index (χ4n) is 3.08. The van der Waals surface area contributed by atoms with E-state index in [0.29, 0.717) is 5.02 Å². The molecule has 27 heavy (non-hydrogen) atoms. The van der Waals surface area contributed by atoms with Crippen LogP contribution >= 0.6 is 35.4 Å². The van der Waals surface area contributed by atoms with Crippen molar-refractivity contribution in [1.82, 2.24) is 10.2 Å². The van der Waals surface area contributed by atoms with Crippen LogP contribution in [-0.2, 0) is 6.54 Å². The topological polar surface area (TPSA) is 44.4 Å². The summed E-state index contributed by atoms with van der Waals surface area (Å²) in [5.41, 5.74) is 2.37. The first kappa shape index (κ1) is 20.1. The summed E-state index contributed by atoms with van der Waals surface area (Å²) in [6.45, 7) is 3.30. The van der Waals surface area contributed by atoms with Gasteiger partial charge in [-0.3, -0.25) is 15.0 Å². The molecule has 1 amide bonds. The van der Waals surface area contributed by atoms with Crippen LogP contribution in [0.1, 0.15) is 35.2 Å². The average molecular weight is 422 g/mol. The third kappa shape index (κ3) is 5.66. The number of piperidine rings is 1. The second kappa shape index (κ2) is 9.51. The van der Waals surface area contributed by atoms with Crippen molar-refractivity contribution in [2.75, 3.05) is 18.4 Å². The molecule has 0 aliphatic carbocycles. The van der Waals surface area contributed by atoms with Crippen LogP contribution in [0.5, 0.6) is 0 Å². The molecule has 1 aliphatic heterocycles. The van der Waals surface area contributed by atoms with E-state index in [1.165, 1.54) is 37.9 Å². The summed E-state index contributed by atoms with van der Waals surface area (Å²) in [4.78, 5) is 14.8. The van der Waals surface area contributed by atoms with E-state index in [2.05, 4.69) is 27.7 Å². The van der Waals surface area contributed by atoms with E-state index >= 15 is 0 Å². The molecule has 1 fully saturated rings. The molecule has 0 spiro atoms. The van der Waals surface area contributed by atoms with Crippen molar-refractivity contribution in [3.63, 3.8) is 0 Å². The monoisotopic (exact) mass is 421 g/mol. The maximum atomic E-state index is 12.3. The summed E-state index contributed by atoms with van der Waals surface area (Å²) >= 11 is 17.2. The molecule has 3 rings (SSSR count). The molecule has 1 saturated heterocycles. The van der Waals surface area contributed by atoms with Crippen LogP contribution in [0.25, 0.3) is 0 Å². The minimum atomic E-state index is -0.401. The van der Waals surface area contributed by atoms with E-state index in [1.54, 1.807) is 18.2 Å². The number of hydrogen-bond acceptors (Lipinski definition) is 3. The van der Waals surface area contributed by atoms with Crippen molar-refractivity contribution in [3.8, 4) is 0 Å². The highest BCUT2D eigenvalue weighted by atomic mass is 35.5. The van der Waals surface area contributed by atoms with E-state index in [4.69, 9.17) is 35.4 Å². The summed E-state index contributed by atoms with van der Waals surface area (Å²) in [6.07, 6.45) is 3.90. The third-order valence-electron chi connectivity index (χ3n) is 4.49. The average Bonchev–Trinajstić information content (AvgIpc) is 2.66. The molecule has 2 aromatic rings. The highest BCUT2D eigenvalue weighted by Gasteiger charge is 2.14. The number of benzene rings is 2. The van der Waals surface area contributed by atoms with Gasteiger partial charge in [-0.15, -0.1) is 0 Å². The SMILES string of the molecule is O=C(NC(=S)Nc1ccc(CN2CCCCC2)cc1)c1cccc(Cl)c1Cl. The number of amides is 1. The van der Waals surface area contributed by atoms with Gasteiger partial charge in [-0.1, -0.05) is 47.8 Å². The number of nitrogens with zero attached hydrogens (tertiary/aromatic N) is 1. The molecule has 142 valence electrons. The van der Waals surface area contributed by atoms with Gasteiger partial charge in [0, 0.05) is 12.2 Å². The highest BCUT2D eigenvalue weighted by molar-refractivity contribution is 7.80. The standard InChI is InChI=1S/C20H21Cl2N3OS/c21-17-6-4-5-16(18(17)22)19(26)24-20(27)23-15-9-7-14(8-10-15)13-25-11-2-1-3-12-25/h4-10H,1-3,11-13H2,(H2,23,24,26,27). The number of thiocarbonyl (C=S) groups is 1. The Morgan fingerprint density at radius 1 is 1.04 bits per heavy atom. The number of likely N-dealkylation sites (tertiary alicyclic amines) is 1. The van der Waals surface area contributed by atoms with Crippen molar-refractivity contribution >= 4 is 52.1 Å². The zero-order chi connectivity index (χ0) is 19.2. The normalized spacial score (nSPS) is 14.6. The van der Waals surface area contributed by atoms with E-state index < -0.39 is 5.91 Å². The molecular formula is C20H21Cl2N3OS. The Kier molecular flexibility index (Phi) is 7.07. The molecule has 0 atom stereocenters. The van der Waals surface area contributed by atoms with Crippen molar-refractivity contribution in [3.05, 3.63) is 63.6 Å². The van der Waals surface area contributed by atoms with Gasteiger partial charge in [0.2, 0.25) is 0 Å². The van der Waals surface area contributed by atoms with E-state index in [1.807, 2.05) is 12.1 Å². The van der Waals surface area contributed by atoms with Gasteiger partial charge in [0.15, 0.2) is 5.11 Å². The first-order valence-electron chi connectivity index (χ1n) is 8.90. The molecule has 0 radical (unpaired) electrons. The smallest absolute Gasteiger partial charge is 0.258 e. The maximum Gasteiger partial charge on any atom is 0.258 e. The Bertz CT molecular complexity index is 820. The minimum Gasteiger partial charge on any atom is -0.332 e. The minimum absolute atomic E-state index is 0.208. The summed E-state index contributed by atoms with van der Waals surface area (Å²) in [5.74, 6) is -0.401. The summed E-state index contributed by atoms with van der Waals surface area (Å²) in [7, 11) is 0. The van der Waals surface area contributed by atoms with Crippen molar-refractivity contribution in [2.24, 2.45) is 0 Å². The van der Waals surface area contributed by atoms with Gasteiger partial charge in [-0.25, -0.2) is 0 Å². The van der Waals surface area contributed by atoms with Crippen molar-refractivity contribution in [1.29, 1.82) is 0 Å². The van der Waals surface area contributed by atoms with E-state index in [0.717, 1.165) is 12.2 Å². The molecule has 0 bridgehead atoms. The lowest BCUT2D eigenvalue weighted by atomic mass is 10.1. The molecule has 0 aromatic heterocycles. The summed E-state index contributed by atoms with van der Waals surface area (Å²) in [6, 6.07) is 13.0. The molecular weight excluding hydrogens is 401 g/mol. The zero-order valence-electron chi connectivity index (χ0n) is 14.8. The summed E-state index contributed by atoms with van der Waals surface area (Å²) < 4.78 is 0. The fraction of sp³-hybridized carbons (Fsp3) is 0.300.